The molecule has 4 nitrogen and oxygen atoms in total. The van der Waals surface area contributed by atoms with E-state index in [1.807, 2.05) is 14.1 Å². The molecule has 0 saturated heterocycles. The molecule has 0 fully saturated rings. The second-order valence-corrected chi connectivity index (χ2v) is 4.78. The average Bonchev–Trinajstić information content (AvgIpc) is 2.41. The van der Waals surface area contributed by atoms with E-state index in [0.717, 1.165) is 29.7 Å². The van der Waals surface area contributed by atoms with Gasteiger partial charge in [-0.15, -0.1) is 0 Å². The van der Waals surface area contributed by atoms with E-state index >= 15 is 0 Å². The number of anilines is 2. The molecular weight excluding hydrogens is 236 g/mol. The molecule has 0 aliphatic carbocycles. The first-order chi connectivity index (χ1) is 9.13. The molecule has 0 saturated carbocycles. The van der Waals surface area contributed by atoms with Gasteiger partial charge in [-0.25, -0.2) is 9.97 Å². The smallest absolute Gasteiger partial charge is 0.130 e. The van der Waals surface area contributed by atoms with Gasteiger partial charge >= 0.3 is 0 Å². The summed E-state index contributed by atoms with van der Waals surface area (Å²) in [5.74, 6) is 0.587. The summed E-state index contributed by atoms with van der Waals surface area (Å²) in [7, 11) is 4.06. The maximum atomic E-state index is 5.96. The Bertz CT molecular complexity index is 547. The van der Waals surface area contributed by atoms with Gasteiger partial charge in [-0.05, 0) is 18.6 Å². The van der Waals surface area contributed by atoms with Crippen LogP contribution in [0.3, 0.4) is 0 Å². The molecule has 0 bridgehead atoms. The van der Waals surface area contributed by atoms with Crippen molar-refractivity contribution in [2.45, 2.75) is 19.8 Å². The molecule has 0 unspecified atom stereocenters. The quantitative estimate of drug-likeness (QED) is 0.914. The molecule has 2 aromatic rings. The van der Waals surface area contributed by atoms with Gasteiger partial charge in [0.2, 0.25) is 0 Å². The number of hydrogen-bond acceptors (Lipinski definition) is 4. The number of nitrogens with zero attached hydrogens (tertiary/aromatic N) is 3. The van der Waals surface area contributed by atoms with E-state index in [4.69, 9.17) is 5.73 Å². The van der Waals surface area contributed by atoms with Crippen LogP contribution in [0, 0.1) is 0 Å². The Morgan fingerprint density at radius 2 is 1.79 bits per heavy atom. The molecule has 19 heavy (non-hydrogen) atoms. The molecular formula is C15H20N4. The zero-order valence-corrected chi connectivity index (χ0v) is 11.7. The summed E-state index contributed by atoms with van der Waals surface area (Å²) in [5.41, 5.74) is 10.2. The van der Waals surface area contributed by atoms with Crippen molar-refractivity contribution in [1.29, 1.82) is 0 Å². The zero-order chi connectivity index (χ0) is 13.8. The summed E-state index contributed by atoms with van der Waals surface area (Å²) < 4.78 is 0. The molecule has 0 spiro atoms. The third-order valence-electron chi connectivity index (χ3n) is 3.14. The fourth-order valence-corrected chi connectivity index (χ4v) is 2.09. The molecule has 0 radical (unpaired) electrons. The summed E-state index contributed by atoms with van der Waals surface area (Å²) >= 11 is 0. The Kier molecular flexibility index (Phi) is 4.00. The van der Waals surface area contributed by atoms with Crippen LogP contribution in [0.15, 0.2) is 30.6 Å². The van der Waals surface area contributed by atoms with E-state index in [1.165, 1.54) is 12.0 Å². The second kappa shape index (κ2) is 5.69. The van der Waals surface area contributed by atoms with Gasteiger partial charge in [0, 0.05) is 30.9 Å². The third-order valence-corrected chi connectivity index (χ3v) is 3.14. The Morgan fingerprint density at radius 1 is 1.11 bits per heavy atom. The average molecular weight is 256 g/mol. The highest BCUT2D eigenvalue weighted by Gasteiger charge is 2.10. The molecule has 1 heterocycles. The van der Waals surface area contributed by atoms with Crippen molar-refractivity contribution in [3.8, 4) is 11.3 Å². The van der Waals surface area contributed by atoms with E-state index in [9.17, 15) is 0 Å². The van der Waals surface area contributed by atoms with Gasteiger partial charge in [0.1, 0.15) is 12.1 Å². The summed E-state index contributed by atoms with van der Waals surface area (Å²) in [6.45, 7) is 2.13. The van der Waals surface area contributed by atoms with Crippen LogP contribution in [0.5, 0.6) is 0 Å². The number of rotatable bonds is 4. The van der Waals surface area contributed by atoms with Crippen molar-refractivity contribution in [2.24, 2.45) is 0 Å². The van der Waals surface area contributed by atoms with Gasteiger partial charge in [0.05, 0.1) is 5.69 Å². The maximum absolute atomic E-state index is 5.96. The number of nitrogens with two attached hydrogens (primary N) is 1. The predicted octanol–water partition coefficient (Wildman–Crippen LogP) is 2.74. The van der Waals surface area contributed by atoms with Crippen molar-refractivity contribution in [3.63, 3.8) is 0 Å². The second-order valence-electron chi connectivity index (χ2n) is 4.78. The summed E-state index contributed by atoms with van der Waals surface area (Å²) in [6, 6.07) is 8.33. The Balaban J connectivity index is 2.43. The van der Waals surface area contributed by atoms with Crippen molar-refractivity contribution in [3.05, 3.63) is 36.2 Å². The normalized spacial score (nSPS) is 10.5. The van der Waals surface area contributed by atoms with Crippen LogP contribution in [0.25, 0.3) is 11.3 Å². The van der Waals surface area contributed by atoms with Crippen molar-refractivity contribution in [2.75, 3.05) is 24.7 Å². The number of benzene rings is 1. The fraction of sp³-hybridized carbons (Fsp3) is 0.333. The van der Waals surface area contributed by atoms with Crippen molar-refractivity contribution < 1.29 is 0 Å². The van der Waals surface area contributed by atoms with Gasteiger partial charge < -0.3 is 10.6 Å². The molecule has 0 amide bonds. The van der Waals surface area contributed by atoms with Crippen LogP contribution in [0.4, 0.5) is 11.5 Å². The van der Waals surface area contributed by atoms with E-state index in [-0.39, 0.29) is 0 Å². The molecule has 0 aliphatic heterocycles. The van der Waals surface area contributed by atoms with Crippen LogP contribution in [-0.4, -0.2) is 24.1 Å². The lowest BCUT2D eigenvalue weighted by atomic mass is 10.0. The summed E-state index contributed by atoms with van der Waals surface area (Å²) in [6.07, 6.45) is 3.46. The highest BCUT2D eigenvalue weighted by molar-refractivity contribution is 5.69. The molecule has 1 aromatic heterocycles. The van der Waals surface area contributed by atoms with Gasteiger partial charge in [0.15, 0.2) is 0 Å². The van der Waals surface area contributed by atoms with Crippen LogP contribution in [0.1, 0.15) is 18.9 Å². The van der Waals surface area contributed by atoms with Crippen molar-refractivity contribution in [1.82, 2.24) is 9.97 Å². The Hall–Kier alpha value is -2.10. The summed E-state index contributed by atoms with van der Waals surface area (Å²) in [4.78, 5) is 10.6. The minimum Gasteiger partial charge on any atom is -0.383 e. The lowest BCUT2D eigenvalue weighted by Crippen LogP contribution is -2.08. The van der Waals surface area contributed by atoms with E-state index in [1.54, 1.807) is 0 Å². The molecule has 2 rings (SSSR count). The van der Waals surface area contributed by atoms with Crippen LogP contribution < -0.4 is 10.6 Å². The Labute approximate surface area is 114 Å². The highest BCUT2D eigenvalue weighted by Crippen LogP contribution is 2.26. The van der Waals surface area contributed by atoms with Crippen LogP contribution in [0.2, 0.25) is 0 Å². The minimum absolute atomic E-state index is 0.587. The number of aromatic nitrogens is 2. The van der Waals surface area contributed by atoms with Gasteiger partial charge in [-0.3, -0.25) is 0 Å². The first-order valence-electron chi connectivity index (χ1n) is 6.50. The van der Waals surface area contributed by atoms with Gasteiger partial charge in [-0.1, -0.05) is 25.5 Å². The fourth-order valence-electron chi connectivity index (χ4n) is 2.09. The van der Waals surface area contributed by atoms with E-state index < -0.39 is 0 Å². The standard InChI is InChI=1S/C15H20N4/c1-4-5-13-14(17-10-18-15(13)16)11-6-8-12(9-7-11)19(2)3/h6-10H,4-5H2,1-3H3,(H2,16,17,18). The van der Waals surface area contributed by atoms with Crippen LogP contribution in [-0.2, 0) is 6.42 Å². The number of nitrogen functional groups attached to an aromatic ring is 1. The molecule has 2 N–H and O–H groups in total. The number of hydrogen-bond donors (Lipinski definition) is 1. The van der Waals surface area contributed by atoms with E-state index in [2.05, 4.69) is 46.1 Å². The minimum atomic E-state index is 0.587. The largest absolute Gasteiger partial charge is 0.383 e. The first kappa shape index (κ1) is 13.3. The molecule has 4 heteroatoms. The third kappa shape index (κ3) is 2.84. The van der Waals surface area contributed by atoms with Crippen molar-refractivity contribution >= 4 is 11.5 Å². The zero-order valence-electron chi connectivity index (χ0n) is 11.7. The van der Waals surface area contributed by atoms with Gasteiger partial charge in [0.25, 0.3) is 0 Å². The monoisotopic (exact) mass is 256 g/mol. The SMILES string of the molecule is CCCc1c(N)ncnc1-c1ccc(N(C)C)cc1. The van der Waals surface area contributed by atoms with E-state index in [0.29, 0.717) is 5.82 Å². The van der Waals surface area contributed by atoms with Gasteiger partial charge in [-0.2, -0.15) is 0 Å². The Morgan fingerprint density at radius 3 is 2.37 bits per heavy atom. The lowest BCUT2D eigenvalue weighted by Gasteiger charge is -2.14. The lowest BCUT2D eigenvalue weighted by molar-refractivity contribution is 0.908. The molecule has 0 aliphatic rings. The van der Waals surface area contributed by atoms with Crippen LogP contribution >= 0.6 is 0 Å². The maximum Gasteiger partial charge on any atom is 0.130 e. The predicted molar refractivity (Wildman–Crippen MR) is 80.2 cm³/mol. The first-order valence-corrected chi connectivity index (χ1v) is 6.50. The summed E-state index contributed by atoms with van der Waals surface area (Å²) in [5, 5.41) is 0. The highest BCUT2D eigenvalue weighted by atomic mass is 15.1. The molecule has 0 atom stereocenters. The molecule has 1 aromatic carbocycles. The topological polar surface area (TPSA) is 55.0 Å². The molecule has 100 valence electrons.